The van der Waals surface area contributed by atoms with Gasteiger partial charge in [-0.1, -0.05) is 13.8 Å². The van der Waals surface area contributed by atoms with Crippen LogP contribution in [0, 0.1) is 11.3 Å². The first kappa shape index (κ1) is 18.7. The first-order valence-electron chi connectivity index (χ1n) is 7.94. The maximum atomic E-state index is 13.0. The fourth-order valence-electron chi connectivity index (χ4n) is 3.62. The average Bonchev–Trinajstić information content (AvgIpc) is 2.87. The molecule has 1 aromatic carbocycles. The highest BCUT2D eigenvalue weighted by molar-refractivity contribution is 6.15. The van der Waals surface area contributed by atoms with Crippen LogP contribution in [0.15, 0.2) is 23.3 Å². The highest BCUT2D eigenvalue weighted by Gasteiger charge is 2.47. The number of halogens is 6. The van der Waals surface area contributed by atoms with Gasteiger partial charge in [0.05, 0.1) is 28.8 Å². The molecule has 0 aromatic heterocycles. The zero-order chi connectivity index (χ0) is 19.5. The lowest BCUT2D eigenvalue weighted by atomic mass is 9.68. The van der Waals surface area contributed by atoms with Gasteiger partial charge in [-0.15, -0.1) is 0 Å². The first-order valence-corrected chi connectivity index (χ1v) is 7.94. The minimum absolute atomic E-state index is 0.0629. The molecule has 1 aliphatic carbocycles. The Labute approximate surface area is 145 Å². The lowest BCUT2D eigenvalue weighted by Crippen LogP contribution is -2.45. The van der Waals surface area contributed by atoms with Crippen LogP contribution in [0.1, 0.15) is 43.4 Å². The van der Waals surface area contributed by atoms with E-state index in [2.05, 4.69) is 10.5 Å². The zero-order valence-electron chi connectivity index (χ0n) is 13.9. The summed E-state index contributed by atoms with van der Waals surface area (Å²) in [6, 6.07) is 0.872. The fraction of sp³-hybridized carbons (Fsp3) is 0.529. The Bertz CT molecular complexity index is 746. The number of nitrogens with zero attached hydrogens (tertiary/aromatic N) is 1. The number of rotatable bonds is 1. The van der Waals surface area contributed by atoms with Crippen molar-refractivity contribution in [3.8, 4) is 0 Å². The molecule has 0 radical (unpaired) electrons. The minimum atomic E-state index is -4.94. The Hall–Kier alpha value is -2.06. The molecule has 1 aromatic rings. The monoisotopic (exact) mass is 378 g/mol. The molecule has 9 heteroatoms. The molecule has 26 heavy (non-hydrogen) atoms. The van der Waals surface area contributed by atoms with Gasteiger partial charge in [0.25, 0.3) is 0 Å². The predicted molar refractivity (Wildman–Crippen MR) is 81.4 cm³/mol. The van der Waals surface area contributed by atoms with Crippen molar-refractivity contribution < 1.29 is 31.1 Å². The molecule has 1 aliphatic heterocycles. The third-order valence-corrected chi connectivity index (χ3v) is 4.70. The van der Waals surface area contributed by atoms with E-state index in [9.17, 15) is 31.1 Å². The quantitative estimate of drug-likeness (QED) is 0.736. The maximum absolute atomic E-state index is 13.0. The molecule has 1 heterocycles. The van der Waals surface area contributed by atoms with Crippen molar-refractivity contribution in [1.82, 2.24) is 5.43 Å². The molecule has 1 saturated carbocycles. The number of benzene rings is 1. The lowest BCUT2D eigenvalue weighted by Gasteiger charge is -2.36. The number of Topliss-reactive ketones (excluding diaryl/α,β-unsaturated/α-hetero) is 1. The Kier molecular flexibility index (Phi) is 4.12. The van der Waals surface area contributed by atoms with E-state index in [-0.39, 0.29) is 35.0 Å². The number of carbonyl (C=O) groups excluding carboxylic acids is 1. The molecule has 0 spiro atoms. The van der Waals surface area contributed by atoms with Gasteiger partial charge < -0.3 is 5.43 Å². The van der Waals surface area contributed by atoms with E-state index in [4.69, 9.17) is 0 Å². The van der Waals surface area contributed by atoms with E-state index in [1.54, 1.807) is 0 Å². The summed E-state index contributed by atoms with van der Waals surface area (Å²) in [5.74, 6) is -1.08. The lowest BCUT2D eigenvalue weighted by molar-refractivity contribution is -0.143. The molecule has 3 nitrogen and oxygen atoms in total. The van der Waals surface area contributed by atoms with Crippen molar-refractivity contribution in [2.75, 3.05) is 0 Å². The second-order valence-electron chi connectivity index (χ2n) is 7.52. The molecule has 1 N–H and O–H groups in total. The van der Waals surface area contributed by atoms with Gasteiger partial charge in [-0.2, -0.15) is 31.4 Å². The average molecular weight is 378 g/mol. The van der Waals surface area contributed by atoms with Gasteiger partial charge in [-0.05, 0) is 35.6 Å². The summed E-state index contributed by atoms with van der Waals surface area (Å²) < 4.78 is 78.3. The third kappa shape index (κ3) is 3.43. The Balaban J connectivity index is 2.06. The molecule has 1 fully saturated rings. The van der Waals surface area contributed by atoms with Gasteiger partial charge in [-0.25, -0.2) is 0 Å². The van der Waals surface area contributed by atoms with Crippen LogP contribution < -0.4 is 5.43 Å². The molecule has 3 rings (SSSR count). The van der Waals surface area contributed by atoms with Crippen LogP contribution in [-0.4, -0.2) is 17.5 Å². The summed E-state index contributed by atoms with van der Waals surface area (Å²) in [7, 11) is 0. The fourth-order valence-corrected chi connectivity index (χ4v) is 3.62. The number of carbonyl (C=O) groups is 1. The van der Waals surface area contributed by atoms with Gasteiger partial charge in [-0.3, -0.25) is 4.79 Å². The van der Waals surface area contributed by atoms with Gasteiger partial charge in [0.15, 0.2) is 0 Å². The number of hydrogen-bond donors (Lipinski definition) is 1. The summed E-state index contributed by atoms with van der Waals surface area (Å²) >= 11 is 0. The Morgan fingerprint density at radius 3 is 2.08 bits per heavy atom. The standard InChI is InChI=1S/C17H16F6N2O/c1-15(2)6-11-13(12(26)7-15)14(25-24-11)8-3-9(16(18,19)20)5-10(4-8)17(21,22)23/h3-5,11,13,24H,6-7H2,1-2H3/t11-,13+/m1/s1. The maximum Gasteiger partial charge on any atom is 0.416 e. The van der Waals surface area contributed by atoms with Crippen LogP contribution in [0.2, 0.25) is 0 Å². The smallest absolute Gasteiger partial charge is 0.306 e. The second kappa shape index (κ2) is 5.72. The highest BCUT2D eigenvalue weighted by Crippen LogP contribution is 2.41. The number of alkyl halides is 6. The van der Waals surface area contributed by atoms with Gasteiger partial charge in [0, 0.05) is 6.42 Å². The topological polar surface area (TPSA) is 41.5 Å². The van der Waals surface area contributed by atoms with Crippen molar-refractivity contribution >= 4 is 11.5 Å². The van der Waals surface area contributed by atoms with Crippen molar-refractivity contribution in [2.45, 2.75) is 45.1 Å². The van der Waals surface area contributed by atoms with E-state index >= 15 is 0 Å². The second-order valence-corrected chi connectivity index (χ2v) is 7.52. The van der Waals surface area contributed by atoms with Crippen LogP contribution in [0.25, 0.3) is 0 Å². The molecule has 2 aliphatic rings. The molecular formula is C17H16F6N2O. The van der Waals surface area contributed by atoms with Gasteiger partial charge in [0.2, 0.25) is 0 Å². The molecule has 0 saturated heterocycles. The number of ketones is 1. The highest BCUT2D eigenvalue weighted by atomic mass is 19.4. The van der Waals surface area contributed by atoms with Crippen LogP contribution in [-0.2, 0) is 17.1 Å². The minimum Gasteiger partial charge on any atom is -0.306 e. The van der Waals surface area contributed by atoms with Crippen molar-refractivity contribution in [3.05, 3.63) is 34.9 Å². The SMILES string of the molecule is CC1(C)CC(=O)[C@H]2C(c3cc(C(F)(F)F)cc(C(F)(F)F)c3)=NN[C@@H]2C1. The van der Waals surface area contributed by atoms with Gasteiger partial charge in [0.1, 0.15) is 5.78 Å². The first-order chi connectivity index (χ1) is 11.8. The van der Waals surface area contributed by atoms with Crippen molar-refractivity contribution in [1.29, 1.82) is 0 Å². The molecular weight excluding hydrogens is 362 g/mol. The largest absolute Gasteiger partial charge is 0.416 e. The van der Waals surface area contributed by atoms with Crippen LogP contribution in [0.5, 0.6) is 0 Å². The summed E-state index contributed by atoms with van der Waals surface area (Å²) in [5.41, 5.74) is -0.825. The van der Waals surface area contributed by atoms with Crippen molar-refractivity contribution in [3.63, 3.8) is 0 Å². The molecule has 142 valence electrons. The summed E-state index contributed by atoms with van der Waals surface area (Å²) in [4.78, 5) is 12.5. The van der Waals surface area contributed by atoms with Crippen molar-refractivity contribution in [2.24, 2.45) is 16.4 Å². The van der Waals surface area contributed by atoms with Gasteiger partial charge >= 0.3 is 12.4 Å². The summed E-state index contributed by atoms with van der Waals surface area (Å²) in [6.07, 6.45) is -9.15. The van der Waals surface area contributed by atoms with E-state index in [1.807, 2.05) is 13.8 Å². The number of hydrazone groups is 1. The Morgan fingerprint density at radius 2 is 1.58 bits per heavy atom. The number of nitrogens with one attached hydrogen (secondary N) is 1. The van der Waals surface area contributed by atoms with E-state index in [1.165, 1.54) is 0 Å². The normalized spacial score (nSPS) is 25.5. The number of hydrogen-bond acceptors (Lipinski definition) is 3. The zero-order valence-corrected chi connectivity index (χ0v) is 13.9. The molecule has 0 amide bonds. The molecule has 2 atom stereocenters. The number of fused-ring (bicyclic) bond motifs is 1. The van der Waals surface area contributed by atoms with E-state index in [0.717, 1.165) is 0 Å². The molecule has 0 bridgehead atoms. The van der Waals surface area contributed by atoms with Crippen LogP contribution in [0.4, 0.5) is 26.3 Å². The predicted octanol–water partition coefficient (Wildman–Crippen LogP) is 4.41. The van der Waals surface area contributed by atoms with E-state index < -0.39 is 35.4 Å². The molecule has 0 unspecified atom stereocenters. The third-order valence-electron chi connectivity index (χ3n) is 4.70. The Morgan fingerprint density at radius 1 is 1.04 bits per heavy atom. The van der Waals surface area contributed by atoms with Crippen LogP contribution in [0.3, 0.4) is 0 Å². The summed E-state index contributed by atoms with van der Waals surface area (Å²) in [5, 5.41) is 3.92. The van der Waals surface area contributed by atoms with Crippen LogP contribution >= 0.6 is 0 Å². The van der Waals surface area contributed by atoms with E-state index in [0.29, 0.717) is 18.6 Å². The summed E-state index contributed by atoms with van der Waals surface area (Å²) in [6.45, 7) is 3.76.